The number of nitrogens with zero attached hydrogens (tertiary/aromatic N) is 4. The van der Waals surface area contributed by atoms with Gasteiger partial charge in [0.05, 0.1) is 16.9 Å². The summed E-state index contributed by atoms with van der Waals surface area (Å²) in [5.41, 5.74) is 9.91. The van der Waals surface area contributed by atoms with Crippen LogP contribution in [0.15, 0.2) is 24.3 Å². The maximum atomic E-state index is 5.81. The van der Waals surface area contributed by atoms with Crippen molar-refractivity contribution >= 4 is 16.7 Å². The van der Waals surface area contributed by atoms with E-state index >= 15 is 0 Å². The first-order valence-electron chi connectivity index (χ1n) is 5.79. The van der Waals surface area contributed by atoms with E-state index in [0.29, 0.717) is 5.82 Å². The molecule has 0 spiro atoms. The molecule has 92 valence electrons. The summed E-state index contributed by atoms with van der Waals surface area (Å²) in [6, 6.07) is 8.10. The van der Waals surface area contributed by atoms with Gasteiger partial charge in [-0.2, -0.15) is 10.2 Å². The molecule has 5 heteroatoms. The molecule has 0 aliphatic heterocycles. The number of nitrogens with two attached hydrogens (primary N) is 1. The smallest absolute Gasteiger partial charge is 0.121 e. The lowest BCUT2D eigenvalue weighted by Gasteiger charge is -1.98. The van der Waals surface area contributed by atoms with E-state index in [9.17, 15) is 0 Å². The molecular weight excluding hydrogens is 226 g/mol. The van der Waals surface area contributed by atoms with Crippen molar-refractivity contribution in [2.75, 3.05) is 5.73 Å². The number of benzene rings is 1. The van der Waals surface area contributed by atoms with E-state index < -0.39 is 0 Å². The molecule has 2 heterocycles. The molecule has 2 N–H and O–H groups in total. The fourth-order valence-electron chi connectivity index (χ4n) is 2.22. The zero-order chi connectivity index (χ0) is 12.9. The molecule has 0 fully saturated rings. The van der Waals surface area contributed by atoms with Crippen molar-refractivity contribution in [3.63, 3.8) is 0 Å². The summed E-state index contributed by atoms with van der Waals surface area (Å²) in [5, 5.41) is 9.95. The van der Waals surface area contributed by atoms with Crippen LogP contribution in [0.3, 0.4) is 0 Å². The van der Waals surface area contributed by atoms with Crippen LogP contribution < -0.4 is 5.73 Å². The number of anilines is 1. The lowest BCUT2D eigenvalue weighted by Crippen LogP contribution is -1.96. The molecule has 0 bridgehead atoms. The maximum Gasteiger partial charge on any atom is 0.121 e. The molecule has 0 radical (unpaired) electrons. The van der Waals surface area contributed by atoms with Crippen molar-refractivity contribution in [1.29, 1.82) is 0 Å². The maximum absolute atomic E-state index is 5.81. The Morgan fingerprint density at radius 1 is 1.06 bits per heavy atom. The molecule has 0 atom stereocenters. The molecule has 2 aromatic heterocycles. The summed E-state index contributed by atoms with van der Waals surface area (Å²) in [6.07, 6.45) is 0. The third-order valence-corrected chi connectivity index (χ3v) is 3.25. The van der Waals surface area contributed by atoms with Crippen molar-refractivity contribution in [3.8, 4) is 11.3 Å². The predicted octanol–water partition coefficient (Wildman–Crippen LogP) is 1.86. The first-order chi connectivity index (χ1) is 8.56. The average Bonchev–Trinajstić information content (AvgIpc) is 2.81. The van der Waals surface area contributed by atoms with Gasteiger partial charge in [0.1, 0.15) is 5.82 Å². The van der Waals surface area contributed by atoms with Crippen LogP contribution in [0.25, 0.3) is 22.2 Å². The molecular formula is C13H15N5. The molecule has 3 aromatic rings. The number of nitrogen functional groups attached to an aromatic ring is 1. The number of aromatic nitrogens is 4. The van der Waals surface area contributed by atoms with Gasteiger partial charge < -0.3 is 5.73 Å². The number of aryl methyl sites for hydroxylation is 3. The van der Waals surface area contributed by atoms with E-state index in [4.69, 9.17) is 5.73 Å². The van der Waals surface area contributed by atoms with Crippen LogP contribution in [0.5, 0.6) is 0 Å². The van der Waals surface area contributed by atoms with E-state index in [0.717, 1.165) is 27.9 Å². The minimum absolute atomic E-state index is 0.660. The van der Waals surface area contributed by atoms with E-state index in [2.05, 4.69) is 22.3 Å². The lowest BCUT2D eigenvalue weighted by atomic mass is 10.1. The first-order valence-corrected chi connectivity index (χ1v) is 5.79. The topological polar surface area (TPSA) is 61.7 Å². The summed E-state index contributed by atoms with van der Waals surface area (Å²) >= 11 is 0. The second kappa shape index (κ2) is 3.60. The number of hydrogen-bond acceptors (Lipinski definition) is 3. The first kappa shape index (κ1) is 10.8. The Balaban J connectivity index is 2.21. The van der Waals surface area contributed by atoms with Gasteiger partial charge in [-0.25, -0.2) is 0 Å². The fourth-order valence-corrected chi connectivity index (χ4v) is 2.22. The van der Waals surface area contributed by atoms with Crippen LogP contribution in [0.2, 0.25) is 0 Å². The van der Waals surface area contributed by atoms with Gasteiger partial charge in [-0.1, -0.05) is 6.07 Å². The van der Waals surface area contributed by atoms with Crippen LogP contribution in [0.1, 0.15) is 5.69 Å². The zero-order valence-corrected chi connectivity index (χ0v) is 10.7. The van der Waals surface area contributed by atoms with E-state index in [1.54, 1.807) is 4.68 Å². The van der Waals surface area contributed by atoms with Crippen LogP contribution in [0, 0.1) is 6.92 Å². The zero-order valence-electron chi connectivity index (χ0n) is 10.7. The molecule has 0 saturated carbocycles. The van der Waals surface area contributed by atoms with E-state index in [1.807, 2.05) is 37.8 Å². The van der Waals surface area contributed by atoms with Crippen LogP contribution in [-0.4, -0.2) is 19.6 Å². The standard InChI is InChI=1S/C13H15N5/c1-8-10-6-9(4-5-12(10)17(2)15-8)11-7-13(14)18(3)16-11/h4-7H,14H2,1-3H3. The third-order valence-electron chi connectivity index (χ3n) is 3.25. The Kier molecular flexibility index (Phi) is 2.16. The predicted molar refractivity (Wildman–Crippen MR) is 72.1 cm³/mol. The second-order valence-corrected chi connectivity index (χ2v) is 4.52. The van der Waals surface area contributed by atoms with Gasteiger partial charge >= 0.3 is 0 Å². The highest BCUT2D eigenvalue weighted by molar-refractivity contribution is 5.86. The van der Waals surface area contributed by atoms with Gasteiger partial charge in [0, 0.05) is 31.1 Å². The van der Waals surface area contributed by atoms with Crippen LogP contribution >= 0.6 is 0 Å². The summed E-state index contributed by atoms with van der Waals surface area (Å²) in [4.78, 5) is 0. The Bertz CT molecular complexity index is 716. The summed E-state index contributed by atoms with van der Waals surface area (Å²) in [7, 11) is 3.79. The number of rotatable bonds is 1. The summed E-state index contributed by atoms with van der Waals surface area (Å²) < 4.78 is 3.57. The summed E-state index contributed by atoms with van der Waals surface area (Å²) in [6.45, 7) is 2.01. The minimum Gasteiger partial charge on any atom is -0.384 e. The summed E-state index contributed by atoms with van der Waals surface area (Å²) in [5.74, 6) is 0.660. The van der Waals surface area contributed by atoms with Crippen molar-refractivity contribution in [2.45, 2.75) is 6.92 Å². The van der Waals surface area contributed by atoms with Crippen LogP contribution in [-0.2, 0) is 14.1 Å². The molecule has 5 nitrogen and oxygen atoms in total. The van der Waals surface area contributed by atoms with Gasteiger partial charge in [0.15, 0.2) is 0 Å². The van der Waals surface area contributed by atoms with E-state index in [1.165, 1.54) is 0 Å². The SMILES string of the molecule is Cc1nn(C)c2ccc(-c3cc(N)n(C)n3)cc12. The Hall–Kier alpha value is -2.30. The monoisotopic (exact) mass is 241 g/mol. The van der Waals surface area contributed by atoms with Crippen molar-refractivity contribution in [3.05, 3.63) is 30.0 Å². The number of fused-ring (bicyclic) bond motifs is 1. The van der Waals surface area contributed by atoms with Crippen molar-refractivity contribution in [2.24, 2.45) is 14.1 Å². The highest BCUT2D eigenvalue weighted by Crippen LogP contribution is 2.26. The van der Waals surface area contributed by atoms with Crippen LogP contribution in [0.4, 0.5) is 5.82 Å². The normalized spacial score (nSPS) is 11.3. The van der Waals surface area contributed by atoms with E-state index in [-0.39, 0.29) is 0 Å². The average molecular weight is 241 g/mol. The molecule has 0 aliphatic carbocycles. The van der Waals surface area contributed by atoms with Crippen molar-refractivity contribution in [1.82, 2.24) is 19.6 Å². The highest BCUT2D eigenvalue weighted by Gasteiger charge is 2.09. The second-order valence-electron chi connectivity index (χ2n) is 4.52. The van der Waals surface area contributed by atoms with Crippen molar-refractivity contribution < 1.29 is 0 Å². The Morgan fingerprint density at radius 3 is 2.50 bits per heavy atom. The molecule has 18 heavy (non-hydrogen) atoms. The third kappa shape index (κ3) is 1.48. The van der Waals surface area contributed by atoms with Gasteiger partial charge in [-0.15, -0.1) is 0 Å². The quantitative estimate of drug-likeness (QED) is 0.707. The number of hydrogen-bond donors (Lipinski definition) is 1. The molecule has 1 aromatic carbocycles. The lowest BCUT2D eigenvalue weighted by molar-refractivity contribution is 0.782. The van der Waals surface area contributed by atoms with Gasteiger partial charge in [0.2, 0.25) is 0 Å². The molecule has 0 amide bonds. The molecule has 3 rings (SSSR count). The molecule has 0 unspecified atom stereocenters. The van der Waals surface area contributed by atoms with Gasteiger partial charge in [-0.05, 0) is 19.1 Å². The minimum atomic E-state index is 0.660. The fraction of sp³-hybridized carbons (Fsp3) is 0.231. The molecule has 0 aliphatic rings. The Labute approximate surface area is 105 Å². The van der Waals surface area contributed by atoms with Gasteiger partial charge in [0.25, 0.3) is 0 Å². The highest BCUT2D eigenvalue weighted by atomic mass is 15.3. The molecule has 0 saturated heterocycles. The largest absolute Gasteiger partial charge is 0.384 e. The van der Waals surface area contributed by atoms with Gasteiger partial charge in [-0.3, -0.25) is 9.36 Å². The Morgan fingerprint density at radius 2 is 1.83 bits per heavy atom.